The molecule has 0 spiro atoms. The highest BCUT2D eigenvalue weighted by atomic mass is 19.3. The van der Waals surface area contributed by atoms with Crippen LogP contribution in [0.1, 0.15) is 12.0 Å². The van der Waals surface area contributed by atoms with Crippen molar-refractivity contribution in [2.45, 2.75) is 18.4 Å². The van der Waals surface area contributed by atoms with Gasteiger partial charge < -0.3 is 20.1 Å². The lowest BCUT2D eigenvalue weighted by molar-refractivity contribution is -0.000372. The molecule has 27 heavy (non-hydrogen) atoms. The first-order valence-electron chi connectivity index (χ1n) is 8.46. The first-order chi connectivity index (χ1) is 12.9. The molecule has 0 bridgehead atoms. The molecule has 1 saturated heterocycles. The lowest BCUT2D eigenvalue weighted by Gasteiger charge is -2.19. The number of ether oxygens (including phenoxy) is 2. The van der Waals surface area contributed by atoms with Gasteiger partial charge in [-0.1, -0.05) is 24.3 Å². The SMILES string of the molecule is O=C(NCC(F)(F)c1cccc(F)c1)Nc1ccccc1OC1CCOC1. The van der Waals surface area contributed by atoms with E-state index < -0.39 is 29.9 Å². The van der Waals surface area contributed by atoms with Crippen molar-refractivity contribution < 1.29 is 27.4 Å². The summed E-state index contributed by atoms with van der Waals surface area (Å²) in [6.07, 6.45) is 0.619. The number of rotatable bonds is 6. The van der Waals surface area contributed by atoms with Crippen LogP contribution in [-0.4, -0.2) is 31.9 Å². The van der Waals surface area contributed by atoms with E-state index in [4.69, 9.17) is 9.47 Å². The number of anilines is 1. The van der Waals surface area contributed by atoms with E-state index in [1.54, 1.807) is 24.3 Å². The van der Waals surface area contributed by atoms with Gasteiger partial charge in [0.05, 0.1) is 25.4 Å². The van der Waals surface area contributed by atoms with Crippen molar-refractivity contribution >= 4 is 11.7 Å². The first-order valence-corrected chi connectivity index (χ1v) is 8.46. The van der Waals surface area contributed by atoms with Crippen LogP contribution in [0, 0.1) is 5.82 Å². The van der Waals surface area contributed by atoms with Gasteiger partial charge in [0.2, 0.25) is 0 Å². The highest BCUT2D eigenvalue weighted by Gasteiger charge is 2.32. The van der Waals surface area contributed by atoms with E-state index in [0.717, 1.165) is 24.6 Å². The minimum Gasteiger partial charge on any atom is -0.486 e. The molecule has 2 aromatic carbocycles. The normalized spacial score (nSPS) is 16.8. The van der Waals surface area contributed by atoms with Crippen LogP contribution >= 0.6 is 0 Å². The molecule has 5 nitrogen and oxygen atoms in total. The minimum atomic E-state index is -3.41. The lowest BCUT2D eigenvalue weighted by atomic mass is 10.1. The highest BCUT2D eigenvalue weighted by molar-refractivity contribution is 5.90. The molecule has 1 atom stereocenters. The Morgan fingerprint density at radius 1 is 1.22 bits per heavy atom. The Bertz CT molecular complexity index is 795. The van der Waals surface area contributed by atoms with Gasteiger partial charge in [-0.2, -0.15) is 8.78 Å². The number of amides is 2. The van der Waals surface area contributed by atoms with Crippen molar-refractivity contribution in [2.24, 2.45) is 0 Å². The fraction of sp³-hybridized carbons (Fsp3) is 0.316. The molecule has 2 N–H and O–H groups in total. The van der Waals surface area contributed by atoms with Crippen molar-refractivity contribution in [3.8, 4) is 5.75 Å². The summed E-state index contributed by atoms with van der Waals surface area (Å²) in [5.74, 6) is -3.74. The molecule has 0 aliphatic carbocycles. The lowest BCUT2D eigenvalue weighted by Crippen LogP contribution is -2.37. The molecule has 3 rings (SSSR count). The van der Waals surface area contributed by atoms with Crippen molar-refractivity contribution in [2.75, 3.05) is 25.1 Å². The van der Waals surface area contributed by atoms with E-state index in [0.29, 0.717) is 24.7 Å². The van der Waals surface area contributed by atoms with Gasteiger partial charge in [0.15, 0.2) is 0 Å². The predicted octanol–water partition coefficient (Wildman–Crippen LogP) is 3.91. The van der Waals surface area contributed by atoms with Crippen LogP contribution in [0.4, 0.5) is 23.7 Å². The Morgan fingerprint density at radius 2 is 2.04 bits per heavy atom. The van der Waals surface area contributed by atoms with Gasteiger partial charge in [0.1, 0.15) is 17.7 Å². The van der Waals surface area contributed by atoms with Crippen molar-refractivity contribution in [1.29, 1.82) is 0 Å². The van der Waals surface area contributed by atoms with Crippen molar-refractivity contribution in [3.05, 3.63) is 59.9 Å². The van der Waals surface area contributed by atoms with Gasteiger partial charge in [-0.05, 0) is 24.3 Å². The third-order valence-electron chi connectivity index (χ3n) is 4.03. The third-order valence-corrected chi connectivity index (χ3v) is 4.03. The molecule has 0 radical (unpaired) electrons. The quantitative estimate of drug-likeness (QED) is 0.799. The van der Waals surface area contributed by atoms with E-state index in [1.165, 1.54) is 6.07 Å². The number of carbonyl (C=O) groups excluding carboxylic acids is 1. The van der Waals surface area contributed by atoms with E-state index in [9.17, 15) is 18.0 Å². The summed E-state index contributed by atoms with van der Waals surface area (Å²) in [6.45, 7) is 0.0953. The summed E-state index contributed by atoms with van der Waals surface area (Å²) in [6, 6.07) is 10.0. The predicted molar refractivity (Wildman–Crippen MR) is 93.6 cm³/mol. The standard InChI is InChI=1S/C19H19F3N2O3/c20-14-5-3-4-13(10-14)19(21,22)12-23-18(25)24-16-6-1-2-7-17(16)27-15-8-9-26-11-15/h1-7,10,15H,8-9,11-12H2,(H2,23,24,25). The summed E-state index contributed by atoms with van der Waals surface area (Å²) >= 11 is 0. The summed E-state index contributed by atoms with van der Waals surface area (Å²) in [4.78, 5) is 12.0. The molecule has 1 aliphatic heterocycles. The van der Waals surface area contributed by atoms with Crippen LogP contribution in [0.2, 0.25) is 0 Å². The van der Waals surface area contributed by atoms with Gasteiger partial charge in [-0.25, -0.2) is 9.18 Å². The number of halogens is 3. The molecule has 2 amide bonds. The fourth-order valence-corrected chi connectivity index (χ4v) is 2.63. The van der Waals surface area contributed by atoms with Crippen molar-refractivity contribution in [1.82, 2.24) is 5.32 Å². The second-order valence-electron chi connectivity index (χ2n) is 6.12. The molecule has 1 aliphatic rings. The van der Waals surface area contributed by atoms with Crippen LogP contribution in [0.25, 0.3) is 0 Å². The number of hydrogen-bond acceptors (Lipinski definition) is 3. The smallest absolute Gasteiger partial charge is 0.319 e. The van der Waals surface area contributed by atoms with E-state index >= 15 is 0 Å². The highest BCUT2D eigenvalue weighted by Crippen LogP contribution is 2.28. The maximum atomic E-state index is 14.1. The summed E-state index contributed by atoms with van der Waals surface area (Å²) in [5, 5.41) is 4.60. The largest absolute Gasteiger partial charge is 0.486 e. The van der Waals surface area contributed by atoms with Gasteiger partial charge in [0, 0.05) is 12.0 Å². The zero-order valence-corrected chi connectivity index (χ0v) is 14.4. The molecular formula is C19H19F3N2O3. The van der Waals surface area contributed by atoms with E-state index in [1.807, 2.05) is 0 Å². The van der Waals surface area contributed by atoms with Crippen molar-refractivity contribution in [3.63, 3.8) is 0 Å². The number of nitrogens with one attached hydrogen (secondary N) is 2. The minimum absolute atomic E-state index is 0.117. The molecule has 0 aromatic heterocycles. The molecule has 1 fully saturated rings. The van der Waals surface area contributed by atoms with E-state index in [2.05, 4.69) is 10.6 Å². The Balaban J connectivity index is 1.59. The fourth-order valence-electron chi connectivity index (χ4n) is 2.63. The Morgan fingerprint density at radius 3 is 2.78 bits per heavy atom. The average Bonchev–Trinajstić information content (AvgIpc) is 3.15. The van der Waals surface area contributed by atoms with E-state index in [-0.39, 0.29) is 6.10 Å². The molecule has 8 heteroatoms. The Labute approximate surface area is 154 Å². The second-order valence-corrected chi connectivity index (χ2v) is 6.12. The number of urea groups is 1. The number of hydrogen-bond donors (Lipinski definition) is 2. The van der Waals surface area contributed by atoms with Crippen LogP contribution in [0.5, 0.6) is 5.75 Å². The van der Waals surface area contributed by atoms with Crippen LogP contribution in [0.15, 0.2) is 48.5 Å². The monoisotopic (exact) mass is 380 g/mol. The Hall–Kier alpha value is -2.74. The number of para-hydroxylation sites is 2. The van der Waals surface area contributed by atoms with Gasteiger partial charge in [-0.3, -0.25) is 0 Å². The number of carbonyl (C=O) groups is 1. The van der Waals surface area contributed by atoms with Crippen LogP contribution < -0.4 is 15.4 Å². The molecule has 2 aromatic rings. The first kappa shape index (κ1) is 19.0. The summed E-state index contributed by atoms with van der Waals surface area (Å²) < 4.78 is 52.4. The maximum absolute atomic E-state index is 14.1. The molecule has 144 valence electrons. The molecule has 1 unspecified atom stereocenters. The van der Waals surface area contributed by atoms with Gasteiger partial charge >= 0.3 is 6.03 Å². The molecular weight excluding hydrogens is 361 g/mol. The molecule has 1 heterocycles. The summed E-state index contributed by atoms with van der Waals surface area (Å²) in [7, 11) is 0. The zero-order valence-electron chi connectivity index (χ0n) is 14.4. The number of alkyl halides is 2. The van der Waals surface area contributed by atoms with Gasteiger partial charge in [-0.15, -0.1) is 0 Å². The Kier molecular flexibility index (Phi) is 5.85. The third kappa shape index (κ3) is 5.13. The average molecular weight is 380 g/mol. The molecule has 0 saturated carbocycles. The van der Waals surface area contributed by atoms with Crippen LogP contribution in [0.3, 0.4) is 0 Å². The second kappa shape index (κ2) is 8.30. The maximum Gasteiger partial charge on any atom is 0.319 e. The summed E-state index contributed by atoms with van der Waals surface area (Å²) in [5.41, 5.74) is -0.149. The van der Waals surface area contributed by atoms with Gasteiger partial charge in [0.25, 0.3) is 5.92 Å². The zero-order chi connectivity index (χ0) is 19.3. The number of benzene rings is 2. The van der Waals surface area contributed by atoms with Crippen LogP contribution in [-0.2, 0) is 10.7 Å². The topological polar surface area (TPSA) is 59.6 Å².